The van der Waals surface area contributed by atoms with Crippen molar-refractivity contribution in [2.45, 2.75) is 58.5 Å². The molecule has 6 nitrogen and oxygen atoms in total. The van der Waals surface area contributed by atoms with E-state index in [1.807, 2.05) is 0 Å². The molecule has 20 heavy (non-hydrogen) atoms. The van der Waals surface area contributed by atoms with E-state index >= 15 is 0 Å². The minimum atomic E-state index is -3.54. The van der Waals surface area contributed by atoms with E-state index in [-0.39, 0.29) is 26.2 Å². The van der Waals surface area contributed by atoms with Crippen molar-refractivity contribution in [1.82, 2.24) is 0 Å². The molecule has 1 saturated heterocycles. The molecule has 1 fully saturated rings. The minimum absolute atomic E-state index is 0.232. The molecule has 1 aliphatic rings. The molecule has 0 aromatic rings. The summed E-state index contributed by atoms with van der Waals surface area (Å²) in [5, 5.41) is -1.99. The molecule has 1 aliphatic heterocycles. The lowest BCUT2D eigenvalue weighted by Crippen LogP contribution is -2.28. The van der Waals surface area contributed by atoms with Crippen molar-refractivity contribution in [1.29, 1.82) is 0 Å². The van der Waals surface area contributed by atoms with Gasteiger partial charge in [-0.15, -0.1) is 0 Å². The van der Waals surface area contributed by atoms with E-state index in [4.69, 9.17) is 18.1 Å². The molecule has 2 atom stereocenters. The van der Waals surface area contributed by atoms with E-state index in [1.54, 1.807) is 41.5 Å². The Balaban J connectivity index is 3.18. The fraction of sp³-hybridized carbons (Fsp3) is 1.00. The Bertz CT molecular complexity index is 426. The Kier molecular flexibility index (Phi) is 5.68. The molecular weight excluding hydrogens is 302 g/mol. The van der Waals surface area contributed by atoms with Crippen LogP contribution in [-0.4, -0.2) is 30.3 Å². The normalized spacial score (nSPS) is 33.5. The molecule has 1 rings (SSSR count). The highest BCUT2D eigenvalue weighted by Gasteiger charge is 2.65. The van der Waals surface area contributed by atoms with Gasteiger partial charge in [0.15, 0.2) is 5.34 Å². The van der Waals surface area contributed by atoms with Gasteiger partial charge in [0, 0.05) is 6.42 Å². The second-order valence-electron chi connectivity index (χ2n) is 5.50. The number of hydrogen-bond acceptors (Lipinski definition) is 6. The predicted octanol–water partition coefficient (Wildman–Crippen LogP) is 4.40. The molecule has 0 spiro atoms. The second-order valence-corrected chi connectivity index (χ2v) is 10.6. The topological polar surface area (TPSA) is 71.1 Å². The van der Waals surface area contributed by atoms with Gasteiger partial charge in [-0.1, -0.05) is 0 Å². The zero-order valence-corrected chi connectivity index (χ0v) is 15.0. The van der Waals surface area contributed by atoms with Crippen LogP contribution in [0.3, 0.4) is 0 Å². The van der Waals surface area contributed by atoms with Gasteiger partial charge < -0.3 is 13.6 Å². The summed E-state index contributed by atoms with van der Waals surface area (Å²) in [5.74, 6) is 0. The monoisotopic (exact) mass is 328 g/mol. The summed E-state index contributed by atoms with van der Waals surface area (Å²) < 4.78 is 47.6. The SMILES string of the molecule is CCOP1(=O)OC(C)(P(=O)(OCC)OCC)CC1(C)C. The van der Waals surface area contributed by atoms with Crippen LogP contribution in [0.15, 0.2) is 0 Å². The second kappa shape index (κ2) is 6.20. The number of hydrogen-bond donors (Lipinski definition) is 0. The van der Waals surface area contributed by atoms with Gasteiger partial charge in [-0.2, -0.15) is 0 Å². The molecule has 0 saturated carbocycles. The first-order valence-electron chi connectivity index (χ1n) is 6.94. The summed E-state index contributed by atoms with van der Waals surface area (Å²) in [4.78, 5) is 0. The van der Waals surface area contributed by atoms with E-state index in [0.717, 1.165) is 0 Å². The molecule has 8 heteroatoms. The van der Waals surface area contributed by atoms with Crippen LogP contribution in [0.5, 0.6) is 0 Å². The van der Waals surface area contributed by atoms with Crippen LogP contribution < -0.4 is 0 Å². The van der Waals surface area contributed by atoms with Crippen molar-refractivity contribution in [2.75, 3.05) is 19.8 Å². The van der Waals surface area contributed by atoms with Gasteiger partial charge >= 0.3 is 15.2 Å². The number of rotatable bonds is 7. The Labute approximate surface area is 121 Å². The minimum Gasteiger partial charge on any atom is -0.308 e. The average Bonchev–Trinajstić information content (AvgIpc) is 2.46. The van der Waals surface area contributed by atoms with Crippen LogP contribution in [0.4, 0.5) is 0 Å². The highest BCUT2D eigenvalue weighted by Crippen LogP contribution is 2.78. The van der Waals surface area contributed by atoms with Crippen LogP contribution in [0.2, 0.25) is 0 Å². The Morgan fingerprint density at radius 1 is 1.10 bits per heavy atom. The van der Waals surface area contributed by atoms with E-state index in [1.165, 1.54) is 0 Å². The lowest BCUT2D eigenvalue weighted by Gasteiger charge is -2.31. The van der Waals surface area contributed by atoms with Gasteiger partial charge in [0.25, 0.3) is 0 Å². The van der Waals surface area contributed by atoms with Crippen molar-refractivity contribution >= 4 is 15.2 Å². The van der Waals surface area contributed by atoms with Gasteiger partial charge in [0.2, 0.25) is 0 Å². The third-order valence-corrected chi connectivity index (χ3v) is 8.93. The predicted molar refractivity (Wildman–Crippen MR) is 78.3 cm³/mol. The zero-order valence-electron chi connectivity index (χ0n) is 13.2. The molecular formula is C12H26O6P2. The fourth-order valence-electron chi connectivity index (χ4n) is 2.48. The summed E-state index contributed by atoms with van der Waals surface area (Å²) in [6.45, 7) is 11.1. The van der Waals surface area contributed by atoms with Crippen LogP contribution in [0, 0.1) is 0 Å². The van der Waals surface area contributed by atoms with Crippen LogP contribution >= 0.6 is 15.2 Å². The Hall–Kier alpha value is 0.300. The van der Waals surface area contributed by atoms with E-state index < -0.39 is 25.7 Å². The van der Waals surface area contributed by atoms with E-state index in [9.17, 15) is 9.13 Å². The molecule has 0 bridgehead atoms. The van der Waals surface area contributed by atoms with E-state index in [2.05, 4.69) is 0 Å². The van der Waals surface area contributed by atoms with Crippen molar-refractivity contribution in [3.8, 4) is 0 Å². The molecule has 0 N–H and O–H groups in total. The standard InChI is InChI=1S/C12H26O6P2/c1-7-15-19(13)11(4,5)10-12(6,18-19)20(14,16-8-2)17-9-3/h7-10H2,1-6H3. The molecule has 1 heterocycles. The first kappa shape index (κ1) is 18.3. The molecule has 0 aromatic carbocycles. The fourth-order valence-corrected chi connectivity index (χ4v) is 7.29. The molecule has 0 aromatic heterocycles. The summed E-state index contributed by atoms with van der Waals surface area (Å²) >= 11 is 0. The largest absolute Gasteiger partial charge is 0.362 e. The third-order valence-electron chi connectivity index (χ3n) is 3.30. The quantitative estimate of drug-likeness (QED) is 0.645. The molecule has 2 unspecified atom stereocenters. The van der Waals surface area contributed by atoms with Gasteiger partial charge in [0.1, 0.15) is 0 Å². The first-order chi connectivity index (χ1) is 9.10. The zero-order chi connectivity index (χ0) is 15.7. The van der Waals surface area contributed by atoms with Gasteiger partial charge in [-0.3, -0.25) is 13.7 Å². The molecule has 120 valence electrons. The summed E-state index contributed by atoms with van der Waals surface area (Å²) in [5.41, 5.74) is 0. The van der Waals surface area contributed by atoms with Crippen molar-refractivity contribution in [3.05, 3.63) is 0 Å². The Morgan fingerprint density at radius 3 is 2.00 bits per heavy atom. The lowest BCUT2D eigenvalue weighted by molar-refractivity contribution is 0.101. The maximum absolute atomic E-state index is 13.0. The maximum Gasteiger partial charge on any atom is 0.362 e. The molecule has 0 aliphatic carbocycles. The Morgan fingerprint density at radius 2 is 1.60 bits per heavy atom. The maximum atomic E-state index is 13.0. The molecule has 0 radical (unpaired) electrons. The highest BCUT2D eigenvalue weighted by atomic mass is 31.2. The van der Waals surface area contributed by atoms with Crippen molar-refractivity contribution < 1.29 is 27.2 Å². The lowest BCUT2D eigenvalue weighted by atomic mass is 10.1. The average molecular weight is 328 g/mol. The van der Waals surface area contributed by atoms with Crippen LogP contribution in [0.1, 0.15) is 48.0 Å². The molecule has 0 amide bonds. The smallest absolute Gasteiger partial charge is 0.308 e. The first-order valence-corrected chi connectivity index (χ1v) is 10.0. The van der Waals surface area contributed by atoms with Gasteiger partial charge in [-0.05, 0) is 41.5 Å². The highest BCUT2D eigenvalue weighted by molar-refractivity contribution is 7.60. The summed E-state index contributed by atoms with van der Waals surface area (Å²) in [7, 11) is -6.91. The van der Waals surface area contributed by atoms with Crippen molar-refractivity contribution in [2.24, 2.45) is 0 Å². The van der Waals surface area contributed by atoms with Crippen LogP contribution in [-0.2, 0) is 27.2 Å². The van der Waals surface area contributed by atoms with Crippen LogP contribution in [0.25, 0.3) is 0 Å². The van der Waals surface area contributed by atoms with Crippen molar-refractivity contribution in [3.63, 3.8) is 0 Å². The van der Waals surface area contributed by atoms with E-state index in [0.29, 0.717) is 0 Å². The van der Waals surface area contributed by atoms with Gasteiger partial charge in [0.05, 0.1) is 25.0 Å². The summed E-state index contributed by atoms with van der Waals surface area (Å²) in [6, 6.07) is 0. The third kappa shape index (κ3) is 3.06. The van der Waals surface area contributed by atoms with Gasteiger partial charge in [-0.25, -0.2) is 0 Å². The summed E-state index contributed by atoms with van der Waals surface area (Å²) in [6.07, 6.45) is 0.286.